The largest absolute Gasteiger partial charge is 0.508 e. The quantitative estimate of drug-likeness (QED) is 0.363. The van der Waals surface area contributed by atoms with Gasteiger partial charge in [0.15, 0.2) is 6.10 Å². The van der Waals surface area contributed by atoms with Crippen LogP contribution in [0.4, 0.5) is 8.78 Å². The lowest BCUT2D eigenvalue weighted by Crippen LogP contribution is -2.55. The van der Waals surface area contributed by atoms with Gasteiger partial charge >= 0.3 is 0 Å². The van der Waals surface area contributed by atoms with Crippen molar-refractivity contribution in [2.24, 2.45) is 5.92 Å². The van der Waals surface area contributed by atoms with Crippen LogP contribution in [0.5, 0.6) is 5.75 Å². The van der Waals surface area contributed by atoms with E-state index in [9.17, 15) is 33.4 Å². The number of halogens is 2. The molecule has 1 aromatic rings. The number of phenols is 1. The average Bonchev–Trinajstić information content (AvgIpc) is 2.75. The average molecular weight is 486 g/mol. The van der Waals surface area contributed by atoms with Crippen LogP contribution in [-0.2, 0) is 9.59 Å². The summed E-state index contributed by atoms with van der Waals surface area (Å²) in [5.41, 5.74) is 1.12. The minimum absolute atomic E-state index is 0.0745. The summed E-state index contributed by atoms with van der Waals surface area (Å²) in [6.45, 7) is 7.95. The predicted molar refractivity (Wildman–Crippen MR) is 125 cm³/mol. The van der Waals surface area contributed by atoms with Crippen molar-refractivity contribution in [1.82, 2.24) is 15.5 Å². The van der Waals surface area contributed by atoms with E-state index in [2.05, 4.69) is 10.6 Å². The third kappa shape index (κ3) is 8.89. The summed E-state index contributed by atoms with van der Waals surface area (Å²) in [6.07, 6.45) is -0.922. The topological polar surface area (TPSA) is 119 Å². The number of carbonyl (C=O) groups excluding carboxylic acids is 3. The minimum Gasteiger partial charge on any atom is -0.508 e. The zero-order valence-corrected chi connectivity index (χ0v) is 20.7. The first-order chi connectivity index (χ1) is 15.7. The molecular formula is C24H37F2N3O5. The summed E-state index contributed by atoms with van der Waals surface area (Å²) < 4.78 is 27.5. The standard InChI is InChI=1S/C24H37F2N3O5/c1-7-14(3)11-27-20(31)12-29(13-24(6,25)26)23(34)21(32)18(8-2)28-22(33)17-9-15(4)10-19(30)16(17)5/h9-10,14,18,21,30,32H,7-8,11-13H2,1-6H3,(H,27,31)(H,28,33)/t14-,18?,21?/m0/s1. The van der Waals surface area contributed by atoms with Crippen molar-refractivity contribution in [1.29, 1.82) is 0 Å². The van der Waals surface area contributed by atoms with Crippen molar-refractivity contribution in [3.8, 4) is 5.75 Å². The number of hydrogen-bond acceptors (Lipinski definition) is 5. The summed E-state index contributed by atoms with van der Waals surface area (Å²) in [5, 5.41) is 25.8. The third-order valence-electron chi connectivity index (χ3n) is 5.62. The van der Waals surface area contributed by atoms with Gasteiger partial charge < -0.3 is 25.7 Å². The van der Waals surface area contributed by atoms with E-state index >= 15 is 0 Å². The highest BCUT2D eigenvalue weighted by Gasteiger charge is 2.36. The molecular weight excluding hydrogens is 448 g/mol. The van der Waals surface area contributed by atoms with Gasteiger partial charge in [-0.2, -0.15) is 0 Å². The number of amides is 3. The van der Waals surface area contributed by atoms with Crippen LogP contribution >= 0.6 is 0 Å². The molecule has 0 aliphatic heterocycles. The van der Waals surface area contributed by atoms with Crippen molar-refractivity contribution in [3.05, 3.63) is 28.8 Å². The van der Waals surface area contributed by atoms with Crippen LogP contribution < -0.4 is 10.6 Å². The molecule has 0 radical (unpaired) electrons. The van der Waals surface area contributed by atoms with Gasteiger partial charge in [-0.3, -0.25) is 14.4 Å². The SMILES string of the molecule is CCC(NC(=O)c1cc(C)cc(O)c1C)C(O)C(=O)N(CC(=O)NC[C@@H](C)CC)CC(C)(F)F. The van der Waals surface area contributed by atoms with E-state index in [1.807, 2.05) is 13.8 Å². The van der Waals surface area contributed by atoms with Gasteiger partial charge in [-0.25, -0.2) is 8.78 Å². The molecule has 1 rings (SSSR count). The predicted octanol–water partition coefficient (Wildman–Crippen LogP) is 2.52. The van der Waals surface area contributed by atoms with E-state index in [0.717, 1.165) is 6.42 Å². The Labute approximate surface area is 199 Å². The Kier molecular flexibility index (Phi) is 10.9. The maximum absolute atomic E-state index is 13.7. The molecule has 0 aliphatic carbocycles. The third-order valence-corrected chi connectivity index (χ3v) is 5.62. The lowest BCUT2D eigenvalue weighted by molar-refractivity contribution is -0.149. The van der Waals surface area contributed by atoms with Crippen LogP contribution in [0.3, 0.4) is 0 Å². The molecule has 10 heteroatoms. The van der Waals surface area contributed by atoms with Crippen LogP contribution in [-0.4, -0.2) is 70.5 Å². The van der Waals surface area contributed by atoms with Gasteiger partial charge in [0.25, 0.3) is 17.7 Å². The highest BCUT2D eigenvalue weighted by atomic mass is 19.3. The van der Waals surface area contributed by atoms with Crippen molar-refractivity contribution < 1.29 is 33.4 Å². The van der Waals surface area contributed by atoms with Crippen molar-refractivity contribution >= 4 is 17.7 Å². The van der Waals surface area contributed by atoms with E-state index in [4.69, 9.17) is 0 Å². The number of alkyl halides is 2. The number of nitrogens with one attached hydrogen (secondary N) is 2. The fraction of sp³-hybridized carbons (Fsp3) is 0.625. The molecule has 3 amide bonds. The van der Waals surface area contributed by atoms with Gasteiger partial charge in [-0.15, -0.1) is 0 Å². The summed E-state index contributed by atoms with van der Waals surface area (Å²) in [4.78, 5) is 38.6. The van der Waals surface area contributed by atoms with Crippen LogP contribution in [0.2, 0.25) is 0 Å². The maximum Gasteiger partial charge on any atom is 0.262 e. The Balaban J connectivity index is 3.02. The normalized spacial score (nSPS) is 14.1. The molecule has 34 heavy (non-hydrogen) atoms. The van der Waals surface area contributed by atoms with E-state index in [1.54, 1.807) is 26.8 Å². The first-order valence-corrected chi connectivity index (χ1v) is 11.4. The molecule has 1 aromatic carbocycles. The molecule has 0 aliphatic rings. The monoisotopic (exact) mass is 485 g/mol. The summed E-state index contributed by atoms with van der Waals surface area (Å²) in [5.74, 6) is -5.53. The van der Waals surface area contributed by atoms with E-state index in [1.165, 1.54) is 6.07 Å². The lowest BCUT2D eigenvalue weighted by atomic mass is 10.0. The number of phenolic OH excluding ortho intramolecular Hbond substituents is 1. The fourth-order valence-corrected chi connectivity index (χ4v) is 3.29. The molecule has 0 heterocycles. The Bertz CT molecular complexity index is 873. The first kappa shape index (κ1) is 29.3. The molecule has 0 bridgehead atoms. The van der Waals surface area contributed by atoms with Gasteiger partial charge in [-0.1, -0.05) is 27.2 Å². The first-order valence-electron chi connectivity index (χ1n) is 11.4. The summed E-state index contributed by atoms with van der Waals surface area (Å²) >= 11 is 0. The Morgan fingerprint density at radius 1 is 1.15 bits per heavy atom. The van der Waals surface area contributed by atoms with Crippen LogP contribution in [0.15, 0.2) is 12.1 Å². The number of hydrogen-bond donors (Lipinski definition) is 4. The highest BCUT2D eigenvalue weighted by Crippen LogP contribution is 2.23. The number of aliphatic hydroxyl groups excluding tert-OH is 1. The Hall–Kier alpha value is -2.75. The minimum atomic E-state index is -3.30. The molecule has 0 saturated heterocycles. The number of aryl methyl sites for hydroxylation is 1. The van der Waals surface area contributed by atoms with Gasteiger partial charge in [0.1, 0.15) is 5.75 Å². The van der Waals surface area contributed by atoms with E-state index in [0.29, 0.717) is 29.5 Å². The van der Waals surface area contributed by atoms with Crippen LogP contribution in [0, 0.1) is 19.8 Å². The van der Waals surface area contributed by atoms with Crippen molar-refractivity contribution in [2.75, 3.05) is 19.6 Å². The maximum atomic E-state index is 13.7. The lowest BCUT2D eigenvalue weighted by Gasteiger charge is -2.30. The molecule has 4 N–H and O–H groups in total. The smallest absolute Gasteiger partial charge is 0.262 e. The number of nitrogens with zero attached hydrogens (tertiary/aromatic N) is 1. The van der Waals surface area contributed by atoms with E-state index < -0.39 is 48.9 Å². The van der Waals surface area contributed by atoms with Crippen molar-refractivity contribution in [3.63, 3.8) is 0 Å². The number of benzene rings is 1. The zero-order chi connectivity index (χ0) is 26.2. The Morgan fingerprint density at radius 2 is 1.76 bits per heavy atom. The highest BCUT2D eigenvalue weighted by molar-refractivity contribution is 5.97. The second kappa shape index (κ2) is 12.6. The molecule has 0 spiro atoms. The molecule has 8 nitrogen and oxygen atoms in total. The Morgan fingerprint density at radius 3 is 2.29 bits per heavy atom. The van der Waals surface area contributed by atoms with Crippen LogP contribution in [0.1, 0.15) is 62.0 Å². The second-order valence-electron chi connectivity index (χ2n) is 8.97. The number of carbonyl (C=O) groups is 3. The van der Waals surface area contributed by atoms with Gasteiger partial charge in [0.2, 0.25) is 5.91 Å². The summed E-state index contributed by atoms with van der Waals surface area (Å²) in [6, 6.07) is 1.95. The molecule has 192 valence electrons. The van der Waals surface area contributed by atoms with E-state index in [-0.39, 0.29) is 23.7 Å². The van der Waals surface area contributed by atoms with Crippen molar-refractivity contribution in [2.45, 2.75) is 72.5 Å². The van der Waals surface area contributed by atoms with Crippen LogP contribution in [0.25, 0.3) is 0 Å². The van der Waals surface area contributed by atoms with Gasteiger partial charge in [-0.05, 0) is 43.9 Å². The van der Waals surface area contributed by atoms with Gasteiger partial charge in [0.05, 0.1) is 19.1 Å². The molecule has 0 aromatic heterocycles. The molecule has 0 saturated carbocycles. The molecule has 3 atom stereocenters. The number of aliphatic hydroxyl groups is 1. The zero-order valence-electron chi connectivity index (χ0n) is 20.7. The molecule has 0 fully saturated rings. The van der Waals surface area contributed by atoms with Gasteiger partial charge in [0, 0.05) is 24.6 Å². The number of aromatic hydroxyl groups is 1. The molecule has 2 unspecified atom stereocenters. The second-order valence-corrected chi connectivity index (χ2v) is 8.97. The summed E-state index contributed by atoms with van der Waals surface area (Å²) in [7, 11) is 0. The fourth-order valence-electron chi connectivity index (χ4n) is 3.29. The number of rotatable bonds is 12.